The fourth-order valence-electron chi connectivity index (χ4n) is 1.79. The van der Waals surface area contributed by atoms with Crippen LogP contribution < -0.4 is 5.32 Å². The van der Waals surface area contributed by atoms with Crippen molar-refractivity contribution in [1.82, 2.24) is 10.3 Å². The third-order valence-corrected chi connectivity index (χ3v) is 4.03. The molecule has 0 unspecified atom stereocenters. The summed E-state index contributed by atoms with van der Waals surface area (Å²) in [4.78, 5) is 17.5. The zero-order valence-electron chi connectivity index (χ0n) is 11.6. The van der Waals surface area contributed by atoms with Crippen LogP contribution in [0.1, 0.15) is 25.6 Å². The molecule has 4 heteroatoms. The van der Waals surface area contributed by atoms with Crippen molar-refractivity contribution in [3.63, 3.8) is 0 Å². The normalized spacial score (nSPS) is 13.5. The molecule has 0 fully saturated rings. The SMILES string of the molecule is C[C@H](Sc1ccccc1)C(=O)N[C@@H](C)c1ccccn1. The molecule has 104 valence electrons. The lowest BCUT2D eigenvalue weighted by Gasteiger charge is -2.17. The van der Waals surface area contributed by atoms with Gasteiger partial charge in [-0.05, 0) is 38.1 Å². The molecule has 1 aromatic heterocycles. The summed E-state index contributed by atoms with van der Waals surface area (Å²) in [6, 6.07) is 15.6. The van der Waals surface area contributed by atoms with Crippen molar-refractivity contribution in [2.75, 3.05) is 0 Å². The van der Waals surface area contributed by atoms with E-state index in [0.29, 0.717) is 0 Å². The quantitative estimate of drug-likeness (QED) is 0.856. The van der Waals surface area contributed by atoms with E-state index in [0.717, 1.165) is 10.6 Å². The Morgan fingerprint density at radius 1 is 1.10 bits per heavy atom. The van der Waals surface area contributed by atoms with E-state index in [4.69, 9.17) is 0 Å². The second kappa shape index (κ2) is 7.10. The number of nitrogens with one attached hydrogen (secondary N) is 1. The van der Waals surface area contributed by atoms with E-state index in [1.807, 2.05) is 62.4 Å². The summed E-state index contributed by atoms with van der Waals surface area (Å²) in [5, 5.41) is 2.86. The summed E-state index contributed by atoms with van der Waals surface area (Å²) >= 11 is 1.56. The van der Waals surface area contributed by atoms with Crippen LogP contribution in [-0.4, -0.2) is 16.1 Å². The van der Waals surface area contributed by atoms with Gasteiger partial charge in [-0.15, -0.1) is 11.8 Å². The summed E-state index contributed by atoms with van der Waals surface area (Å²) in [7, 11) is 0. The first-order chi connectivity index (χ1) is 9.66. The molecule has 2 rings (SSSR count). The summed E-state index contributed by atoms with van der Waals surface area (Å²) in [6.07, 6.45) is 1.74. The van der Waals surface area contributed by atoms with Crippen LogP contribution in [0, 0.1) is 0 Å². The number of benzene rings is 1. The maximum absolute atomic E-state index is 12.2. The van der Waals surface area contributed by atoms with Gasteiger partial charge in [0.05, 0.1) is 17.0 Å². The second-order valence-corrected chi connectivity index (χ2v) is 5.97. The smallest absolute Gasteiger partial charge is 0.233 e. The van der Waals surface area contributed by atoms with E-state index in [2.05, 4.69) is 10.3 Å². The highest BCUT2D eigenvalue weighted by molar-refractivity contribution is 8.00. The van der Waals surface area contributed by atoms with Gasteiger partial charge in [-0.25, -0.2) is 0 Å². The second-order valence-electron chi connectivity index (χ2n) is 4.56. The van der Waals surface area contributed by atoms with Crippen molar-refractivity contribution in [3.8, 4) is 0 Å². The highest BCUT2D eigenvalue weighted by Crippen LogP contribution is 2.23. The minimum absolute atomic E-state index is 0.0250. The van der Waals surface area contributed by atoms with Crippen molar-refractivity contribution in [3.05, 3.63) is 60.4 Å². The molecule has 2 aromatic rings. The number of hydrogen-bond acceptors (Lipinski definition) is 3. The Labute approximate surface area is 123 Å². The molecular weight excluding hydrogens is 268 g/mol. The predicted molar refractivity (Wildman–Crippen MR) is 82.6 cm³/mol. The van der Waals surface area contributed by atoms with E-state index in [1.165, 1.54) is 0 Å². The summed E-state index contributed by atoms with van der Waals surface area (Å²) in [6.45, 7) is 3.86. The summed E-state index contributed by atoms with van der Waals surface area (Å²) < 4.78 is 0. The highest BCUT2D eigenvalue weighted by Gasteiger charge is 2.17. The van der Waals surface area contributed by atoms with Gasteiger partial charge in [0.15, 0.2) is 0 Å². The molecule has 1 amide bonds. The maximum atomic E-state index is 12.2. The molecule has 1 heterocycles. The Kier molecular flexibility index (Phi) is 5.18. The van der Waals surface area contributed by atoms with Crippen LogP contribution in [0.25, 0.3) is 0 Å². The first-order valence-electron chi connectivity index (χ1n) is 6.60. The monoisotopic (exact) mass is 286 g/mol. The van der Waals surface area contributed by atoms with Gasteiger partial charge in [-0.1, -0.05) is 24.3 Å². The largest absolute Gasteiger partial charge is 0.347 e. The van der Waals surface area contributed by atoms with Gasteiger partial charge in [0.2, 0.25) is 5.91 Å². The van der Waals surface area contributed by atoms with E-state index in [9.17, 15) is 4.79 Å². The zero-order valence-corrected chi connectivity index (χ0v) is 12.4. The predicted octanol–water partition coefficient (Wildman–Crippen LogP) is 3.44. The molecule has 0 radical (unpaired) electrons. The Bertz CT molecular complexity index is 545. The van der Waals surface area contributed by atoms with Crippen molar-refractivity contribution in [2.24, 2.45) is 0 Å². The highest BCUT2D eigenvalue weighted by atomic mass is 32.2. The van der Waals surface area contributed by atoms with Crippen molar-refractivity contribution >= 4 is 17.7 Å². The van der Waals surface area contributed by atoms with Crippen molar-refractivity contribution < 1.29 is 4.79 Å². The molecule has 0 aliphatic heterocycles. The molecule has 20 heavy (non-hydrogen) atoms. The molecule has 2 atom stereocenters. The minimum atomic E-state index is -0.136. The molecule has 0 saturated heterocycles. The minimum Gasteiger partial charge on any atom is -0.347 e. The molecule has 0 bridgehead atoms. The molecule has 0 aliphatic carbocycles. The number of carbonyl (C=O) groups excluding carboxylic acids is 1. The van der Waals surface area contributed by atoms with Gasteiger partial charge >= 0.3 is 0 Å². The summed E-state index contributed by atoms with van der Waals surface area (Å²) in [5.74, 6) is 0.0250. The van der Waals surface area contributed by atoms with Gasteiger partial charge in [0.25, 0.3) is 0 Å². The van der Waals surface area contributed by atoms with Crippen LogP contribution in [0.3, 0.4) is 0 Å². The lowest BCUT2D eigenvalue weighted by molar-refractivity contribution is -0.120. The standard InChI is InChI=1S/C16H18N2OS/c1-12(15-10-6-7-11-17-15)18-16(19)13(2)20-14-8-4-3-5-9-14/h3-13H,1-2H3,(H,18,19)/t12-,13-/m0/s1. The first-order valence-corrected chi connectivity index (χ1v) is 7.48. The fraction of sp³-hybridized carbons (Fsp3) is 0.250. The van der Waals surface area contributed by atoms with Gasteiger partial charge < -0.3 is 5.32 Å². The number of carbonyl (C=O) groups is 1. The number of rotatable bonds is 5. The van der Waals surface area contributed by atoms with Crippen LogP contribution in [0.4, 0.5) is 0 Å². The fourth-order valence-corrected chi connectivity index (χ4v) is 2.69. The molecule has 0 saturated carbocycles. The van der Waals surface area contributed by atoms with Crippen LogP contribution in [0.5, 0.6) is 0 Å². The van der Waals surface area contributed by atoms with E-state index >= 15 is 0 Å². The van der Waals surface area contributed by atoms with E-state index in [1.54, 1.807) is 18.0 Å². The van der Waals surface area contributed by atoms with Crippen LogP contribution in [0.2, 0.25) is 0 Å². The Morgan fingerprint density at radius 2 is 1.80 bits per heavy atom. The molecular formula is C16H18N2OS. The molecule has 1 N–H and O–H groups in total. The average molecular weight is 286 g/mol. The van der Waals surface area contributed by atoms with Gasteiger partial charge in [0, 0.05) is 11.1 Å². The number of pyridine rings is 1. The van der Waals surface area contributed by atoms with Crippen LogP contribution in [0.15, 0.2) is 59.6 Å². The molecule has 3 nitrogen and oxygen atoms in total. The van der Waals surface area contributed by atoms with Gasteiger partial charge in [-0.2, -0.15) is 0 Å². The third kappa shape index (κ3) is 4.10. The van der Waals surface area contributed by atoms with E-state index < -0.39 is 0 Å². The molecule has 0 spiro atoms. The maximum Gasteiger partial charge on any atom is 0.233 e. The Hall–Kier alpha value is -1.81. The summed E-state index contributed by atoms with van der Waals surface area (Å²) in [5.41, 5.74) is 0.873. The van der Waals surface area contributed by atoms with Gasteiger partial charge in [-0.3, -0.25) is 9.78 Å². The number of amides is 1. The van der Waals surface area contributed by atoms with Crippen molar-refractivity contribution in [1.29, 1.82) is 0 Å². The Morgan fingerprint density at radius 3 is 2.45 bits per heavy atom. The first kappa shape index (κ1) is 14.6. The lowest BCUT2D eigenvalue weighted by Crippen LogP contribution is -2.33. The van der Waals surface area contributed by atoms with Crippen molar-refractivity contribution in [2.45, 2.75) is 30.0 Å². The van der Waals surface area contributed by atoms with Gasteiger partial charge in [0.1, 0.15) is 0 Å². The topological polar surface area (TPSA) is 42.0 Å². The molecule has 1 aromatic carbocycles. The average Bonchev–Trinajstić information content (AvgIpc) is 2.49. The lowest BCUT2D eigenvalue weighted by atomic mass is 10.2. The Balaban J connectivity index is 1.91. The number of nitrogens with zero attached hydrogens (tertiary/aromatic N) is 1. The van der Waals surface area contributed by atoms with Crippen LogP contribution in [-0.2, 0) is 4.79 Å². The number of thioether (sulfide) groups is 1. The molecule has 0 aliphatic rings. The van der Waals surface area contributed by atoms with E-state index in [-0.39, 0.29) is 17.2 Å². The third-order valence-electron chi connectivity index (χ3n) is 2.92. The number of aromatic nitrogens is 1. The zero-order chi connectivity index (χ0) is 14.4. The van der Waals surface area contributed by atoms with Crippen LogP contribution >= 0.6 is 11.8 Å². The number of hydrogen-bond donors (Lipinski definition) is 1.